The molecular weight excluding hydrogens is 346 g/mol. The second-order valence-corrected chi connectivity index (χ2v) is 7.33. The average molecular weight is 371 g/mol. The third kappa shape index (κ3) is 3.74. The second-order valence-electron chi connectivity index (χ2n) is 7.33. The van der Waals surface area contributed by atoms with Crippen LogP contribution >= 0.6 is 0 Å². The predicted octanol–water partition coefficient (Wildman–Crippen LogP) is 5.44. The number of likely N-dealkylation sites (N-methyl/N-ethyl adjacent to an activating group) is 1. The number of nitrogens with zero attached hydrogens (tertiary/aromatic N) is 1. The SMILES string of the molecule is CN1C(COc2ccccc2)=CC(C)(COc2ccccc2)c2ccccc21. The molecule has 1 unspecified atom stereocenters. The Bertz CT molecular complexity index is 953. The summed E-state index contributed by atoms with van der Waals surface area (Å²) < 4.78 is 12.2. The van der Waals surface area contributed by atoms with Crippen LogP contribution in [0.5, 0.6) is 11.5 Å². The molecule has 1 heterocycles. The van der Waals surface area contributed by atoms with Crippen LogP contribution in [0.25, 0.3) is 0 Å². The minimum absolute atomic E-state index is 0.242. The first-order valence-corrected chi connectivity index (χ1v) is 9.56. The van der Waals surface area contributed by atoms with Gasteiger partial charge in [0.1, 0.15) is 24.7 Å². The molecule has 0 spiro atoms. The van der Waals surface area contributed by atoms with Crippen LogP contribution in [0.2, 0.25) is 0 Å². The van der Waals surface area contributed by atoms with Crippen LogP contribution < -0.4 is 14.4 Å². The molecule has 0 saturated heterocycles. The van der Waals surface area contributed by atoms with E-state index in [2.05, 4.69) is 49.2 Å². The number of anilines is 1. The van der Waals surface area contributed by atoms with Gasteiger partial charge in [-0.3, -0.25) is 0 Å². The summed E-state index contributed by atoms with van der Waals surface area (Å²) in [5, 5.41) is 0. The Morgan fingerprint density at radius 2 is 1.32 bits per heavy atom. The standard InChI is InChI=1S/C25H25NO2/c1-25(19-28-22-13-7-4-8-14-22)17-20(18-27-21-11-5-3-6-12-21)26(2)24-16-10-9-15-23(24)25/h3-17H,18-19H2,1-2H3. The van der Waals surface area contributed by atoms with Crippen LogP contribution in [0.3, 0.4) is 0 Å². The van der Waals surface area contributed by atoms with Gasteiger partial charge in [-0.25, -0.2) is 0 Å². The number of hydrogen-bond donors (Lipinski definition) is 0. The molecule has 142 valence electrons. The summed E-state index contributed by atoms with van der Waals surface area (Å²) in [4.78, 5) is 2.21. The molecule has 0 amide bonds. The number of fused-ring (bicyclic) bond motifs is 1. The van der Waals surface area contributed by atoms with Crippen LogP contribution in [0.4, 0.5) is 5.69 Å². The van der Waals surface area contributed by atoms with E-state index in [9.17, 15) is 0 Å². The van der Waals surface area contributed by atoms with Crippen LogP contribution in [0.15, 0.2) is 96.7 Å². The number of hydrogen-bond acceptors (Lipinski definition) is 3. The number of rotatable bonds is 6. The largest absolute Gasteiger partial charge is 0.492 e. The van der Waals surface area contributed by atoms with Crippen LogP contribution in [-0.4, -0.2) is 20.3 Å². The van der Waals surface area contributed by atoms with E-state index in [0.717, 1.165) is 17.2 Å². The van der Waals surface area contributed by atoms with Crippen molar-refractivity contribution < 1.29 is 9.47 Å². The molecule has 0 radical (unpaired) electrons. The molecule has 1 aliphatic heterocycles. The van der Waals surface area contributed by atoms with E-state index >= 15 is 0 Å². The summed E-state index contributed by atoms with van der Waals surface area (Å²) in [6.45, 7) is 3.30. The summed E-state index contributed by atoms with van der Waals surface area (Å²) in [6, 6.07) is 28.4. The third-order valence-electron chi connectivity index (χ3n) is 5.21. The molecule has 1 aliphatic rings. The Hall–Kier alpha value is -3.20. The maximum absolute atomic E-state index is 6.15. The minimum atomic E-state index is -0.242. The fourth-order valence-corrected chi connectivity index (χ4v) is 3.63. The van der Waals surface area contributed by atoms with Gasteiger partial charge in [0.25, 0.3) is 0 Å². The second kappa shape index (κ2) is 7.81. The fourth-order valence-electron chi connectivity index (χ4n) is 3.63. The van der Waals surface area contributed by atoms with Gasteiger partial charge in [0, 0.05) is 18.2 Å². The van der Waals surface area contributed by atoms with Crippen molar-refractivity contribution in [2.24, 2.45) is 0 Å². The highest BCUT2D eigenvalue weighted by molar-refractivity contribution is 5.65. The molecule has 4 rings (SSSR count). The zero-order valence-corrected chi connectivity index (χ0v) is 16.3. The zero-order chi connectivity index (χ0) is 19.4. The molecule has 0 aliphatic carbocycles. The molecule has 3 aromatic carbocycles. The lowest BCUT2D eigenvalue weighted by Crippen LogP contribution is -2.37. The van der Waals surface area contributed by atoms with Crippen LogP contribution in [0.1, 0.15) is 12.5 Å². The van der Waals surface area contributed by atoms with Gasteiger partial charge in [-0.15, -0.1) is 0 Å². The van der Waals surface area contributed by atoms with E-state index in [1.54, 1.807) is 0 Å². The summed E-state index contributed by atoms with van der Waals surface area (Å²) in [7, 11) is 2.09. The molecule has 0 bridgehead atoms. The molecule has 1 atom stereocenters. The summed E-state index contributed by atoms with van der Waals surface area (Å²) in [6.07, 6.45) is 2.28. The first-order chi connectivity index (χ1) is 13.7. The first kappa shape index (κ1) is 18.2. The third-order valence-corrected chi connectivity index (χ3v) is 5.21. The summed E-state index contributed by atoms with van der Waals surface area (Å²) in [5.41, 5.74) is 3.34. The predicted molar refractivity (Wildman–Crippen MR) is 114 cm³/mol. The van der Waals surface area contributed by atoms with Gasteiger partial charge in [-0.2, -0.15) is 0 Å². The number of para-hydroxylation sites is 3. The molecule has 3 heteroatoms. The quantitative estimate of drug-likeness (QED) is 0.576. The highest BCUT2D eigenvalue weighted by atomic mass is 16.5. The van der Waals surface area contributed by atoms with Gasteiger partial charge in [-0.05, 0) is 48.9 Å². The maximum Gasteiger partial charge on any atom is 0.128 e. The Balaban J connectivity index is 1.61. The van der Waals surface area contributed by atoms with E-state index < -0.39 is 0 Å². The van der Waals surface area contributed by atoms with Gasteiger partial charge in [0.2, 0.25) is 0 Å². The minimum Gasteiger partial charge on any atom is -0.492 e. The number of benzene rings is 3. The Morgan fingerprint density at radius 1 is 0.750 bits per heavy atom. The van der Waals surface area contributed by atoms with Crippen LogP contribution in [0, 0.1) is 0 Å². The van der Waals surface area contributed by atoms with Crippen molar-refractivity contribution in [3.05, 3.63) is 102 Å². The van der Waals surface area contributed by atoms with Crippen molar-refractivity contribution in [1.82, 2.24) is 0 Å². The highest BCUT2D eigenvalue weighted by Crippen LogP contribution is 2.40. The maximum atomic E-state index is 6.15. The van der Waals surface area contributed by atoms with Crippen molar-refractivity contribution in [2.45, 2.75) is 12.3 Å². The monoisotopic (exact) mass is 371 g/mol. The first-order valence-electron chi connectivity index (χ1n) is 9.56. The molecule has 3 aromatic rings. The van der Waals surface area contributed by atoms with Crippen molar-refractivity contribution >= 4 is 5.69 Å². The number of ether oxygens (including phenoxy) is 2. The topological polar surface area (TPSA) is 21.7 Å². The lowest BCUT2D eigenvalue weighted by molar-refractivity contribution is 0.254. The highest BCUT2D eigenvalue weighted by Gasteiger charge is 2.34. The Kier molecular flexibility index (Phi) is 5.07. The van der Waals surface area contributed by atoms with Gasteiger partial charge in [0.15, 0.2) is 0 Å². The summed E-state index contributed by atoms with van der Waals surface area (Å²) in [5.74, 6) is 1.76. The molecule has 0 saturated carbocycles. The molecule has 3 nitrogen and oxygen atoms in total. The average Bonchev–Trinajstić information content (AvgIpc) is 2.76. The molecular formula is C25H25NO2. The van der Waals surface area contributed by atoms with Gasteiger partial charge in [0.05, 0.1) is 5.70 Å². The van der Waals surface area contributed by atoms with Gasteiger partial charge in [-0.1, -0.05) is 54.6 Å². The van der Waals surface area contributed by atoms with E-state index in [1.165, 1.54) is 11.3 Å². The lowest BCUT2D eigenvalue weighted by Gasteiger charge is -2.39. The molecule has 0 aromatic heterocycles. The smallest absolute Gasteiger partial charge is 0.128 e. The van der Waals surface area contributed by atoms with Gasteiger partial charge >= 0.3 is 0 Å². The Morgan fingerprint density at radius 3 is 2.00 bits per heavy atom. The van der Waals surface area contributed by atoms with E-state index in [0.29, 0.717) is 13.2 Å². The molecule has 28 heavy (non-hydrogen) atoms. The van der Waals surface area contributed by atoms with Crippen molar-refractivity contribution in [1.29, 1.82) is 0 Å². The zero-order valence-electron chi connectivity index (χ0n) is 16.3. The van der Waals surface area contributed by atoms with E-state index in [-0.39, 0.29) is 5.41 Å². The Labute approximate surface area is 166 Å². The van der Waals surface area contributed by atoms with Crippen LogP contribution in [-0.2, 0) is 5.41 Å². The van der Waals surface area contributed by atoms with E-state index in [4.69, 9.17) is 9.47 Å². The van der Waals surface area contributed by atoms with E-state index in [1.807, 2.05) is 60.7 Å². The summed E-state index contributed by atoms with van der Waals surface area (Å²) >= 11 is 0. The van der Waals surface area contributed by atoms with Crippen molar-refractivity contribution in [3.63, 3.8) is 0 Å². The fraction of sp³-hybridized carbons (Fsp3) is 0.200. The van der Waals surface area contributed by atoms with Crippen molar-refractivity contribution in [2.75, 3.05) is 25.2 Å². The lowest BCUT2D eigenvalue weighted by atomic mass is 9.78. The van der Waals surface area contributed by atoms with Crippen molar-refractivity contribution in [3.8, 4) is 11.5 Å². The normalized spacial score (nSPS) is 18.2. The molecule has 0 N–H and O–H groups in total. The van der Waals surface area contributed by atoms with Gasteiger partial charge < -0.3 is 14.4 Å². The molecule has 0 fully saturated rings.